The number of benzene rings is 1. The standard InChI is InChI=1S/C16H18N2O5S/c1-23-13-7-8-14(15-11(13)5-4-9-17-15)24(21,22)18-10-3-2-6-12(18)16(19)20/h4-5,7-9,12H,2-3,6,10H2,1H3,(H,19,20). The number of piperidine rings is 1. The predicted molar refractivity (Wildman–Crippen MR) is 87.5 cm³/mol. The van der Waals surface area contributed by atoms with Crippen molar-refractivity contribution in [3.05, 3.63) is 30.5 Å². The number of methoxy groups -OCH3 is 1. The summed E-state index contributed by atoms with van der Waals surface area (Å²) in [6, 6.07) is 5.38. The topological polar surface area (TPSA) is 96.8 Å². The molecule has 1 aliphatic heterocycles. The van der Waals surface area contributed by atoms with Crippen LogP contribution >= 0.6 is 0 Å². The lowest BCUT2D eigenvalue weighted by atomic mass is 10.1. The van der Waals surface area contributed by atoms with Crippen LogP contribution in [0, 0.1) is 0 Å². The maximum absolute atomic E-state index is 13.1. The van der Waals surface area contributed by atoms with Crippen LogP contribution in [0.3, 0.4) is 0 Å². The third-order valence-electron chi connectivity index (χ3n) is 4.24. The molecule has 2 heterocycles. The number of aromatic nitrogens is 1. The first-order valence-corrected chi connectivity index (χ1v) is 9.07. The van der Waals surface area contributed by atoms with Crippen molar-refractivity contribution < 1.29 is 23.1 Å². The van der Waals surface area contributed by atoms with Gasteiger partial charge >= 0.3 is 5.97 Å². The second kappa shape index (κ2) is 6.37. The Morgan fingerprint density at radius 2 is 2.12 bits per heavy atom. The Labute approximate surface area is 139 Å². The van der Waals surface area contributed by atoms with Gasteiger partial charge in [-0.15, -0.1) is 0 Å². The number of carbonyl (C=O) groups is 1. The van der Waals surface area contributed by atoms with Gasteiger partial charge in [-0.2, -0.15) is 4.31 Å². The van der Waals surface area contributed by atoms with Crippen molar-refractivity contribution in [1.82, 2.24) is 9.29 Å². The lowest BCUT2D eigenvalue weighted by Crippen LogP contribution is -2.47. The van der Waals surface area contributed by atoms with Crippen molar-refractivity contribution in [2.24, 2.45) is 0 Å². The van der Waals surface area contributed by atoms with E-state index in [4.69, 9.17) is 4.74 Å². The molecule has 0 aliphatic carbocycles. The summed E-state index contributed by atoms with van der Waals surface area (Å²) in [5, 5.41) is 9.95. The van der Waals surface area contributed by atoms with Crippen LogP contribution in [0.1, 0.15) is 19.3 Å². The second-order valence-corrected chi connectivity index (χ2v) is 7.49. The number of fused-ring (bicyclic) bond motifs is 1. The molecule has 3 rings (SSSR count). The van der Waals surface area contributed by atoms with Crippen molar-refractivity contribution in [3.8, 4) is 5.75 Å². The van der Waals surface area contributed by atoms with Crippen LogP contribution in [-0.2, 0) is 14.8 Å². The summed E-state index contributed by atoms with van der Waals surface area (Å²) in [6.07, 6.45) is 3.16. The number of rotatable bonds is 4. The molecule has 1 N–H and O–H groups in total. The number of carboxylic acids is 1. The van der Waals surface area contributed by atoms with Crippen molar-refractivity contribution in [2.75, 3.05) is 13.7 Å². The number of nitrogens with zero attached hydrogens (tertiary/aromatic N) is 2. The molecule has 0 radical (unpaired) electrons. The number of ether oxygens (including phenoxy) is 1. The van der Waals surface area contributed by atoms with E-state index < -0.39 is 22.0 Å². The molecule has 1 atom stereocenters. The zero-order valence-electron chi connectivity index (χ0n) is 13.2. The van der Waals surface area contributed by atoms with Gasteiger partial charge in [0.1, 0.15) is 16.7 Å². The minimum absolute atomic E-state index is 0.00653. The molecular weight excluding hydrogens is 332 g/mol. The van der Waals surface area contributed by atoms with E-state index in [0.717, 1.165) is 4.31 Å². The number of hydrogen-bond donors (Lipinski definition) is 1. The van der Waals surface area contributed by atoms with Gasteiger partial charge in [0.15, 0.2) is 0 Å². The van der Waals surface area contributed by atoms with Crippen LogP contribution in [0.4, 0.5) is 0 Å². The highest BCUT2D eigenvalue weighted by molar-refractivity contribution is 7.89. The van der Waals surface area contributed by atoms with Crippen molar-refractivity contribution in [2.45, 2.75) is 30.2 Å². The lowest BCUT2D eigenvalue weighted by Gasteiger charge is -2.32. The molecule has 7 nitrogen and oxygen atoms in total. The van der Waals surface area contributed by atoms with Crippen LogP contribution in [0.15, 0.2) is 35.4 Å². The molecule has 1 aliphatic rings. The van der Waals surface area contributed by atoms with E-state index in [1.807, 2.05) is 0 Å². The Morgan fingerprint density at radius 3 is 2.83 bits per heavy atom. The van der Waals surface area contributed by atoms with Crippen LogP contribution in [-0.4, -0.2) is 48.5 Å². The number of sulfonamides is 1. The van der Waals surface area contributed by atoms with Crippen LogP contribution in [0.5, 0.6) is 5.75 Å². The first-order chi connectivity index (χ1) is 11.5. The molecular formula is C16H18N2O5S. The minimum Gasteiger partial charge on any atom is -0.496 e. The quantitative estimate of drug-likeness (QED) is 0.904. The van der Waals surface area contributed by atoms with E-state index in [9.17, 15) is 18.3 Å². The summed E-state index contributed by atoms with van der Waals surface area (Å²) in [5.41, 5.74) is 0.284. The highest BCUT2D eigenvalue weighted by atomic mass is 32.2. The lowest BCUT2D eigenvalue weighted by molar-refractivity contribution is -0.142. The van der Waals surface area contributed by atoms with Crippen molar-refractivity contribution in [1.29, 1.82) is 0 Å². The van der Waals surface area contributed by atoms with Crippen molar-refractivity contribution in [3.63, 3.8) is 0 Å². The molecule has 8 heteroatoms. The highest BCUT2D eigenvalue weighted by Crippen LogP contribution is 2.33. The van der Waals surface area contributed by atoms with Gasteiger partial charge in [0.25, 0.3) is 0 Å². The summed E-state index contributed by atoms with van der Waals surface area (Å²) in [7, 11) is -2.47. The summed E-state index contributed by atoms with van der Waals surface area (Å²) in [4.78, 5) is 15.7. The van der Waals surface area contributed by atoms with Gasteiger partial charge in [-0.1, -0.05) is 0 Å². The molecule has 1 aromatic heterocycles. The molecule has 1 saturated heterocycles. The predicted octanol–water partition coefficient (Wildman–Crippen LogP) is 1.87. The fourth-order valence-electron chi connectivity index (χ4n) is 3.07. The van der Waals surface area contributed by atoms with Gasteiger partial charge in [0.05, 0.1) is 12.6 Å². The zero-order valence-corrected chi connectivity index (χ0v) is 14.0. The molecule has 2 aromatic rings. The number of carboxylic acid groups (broad SMARTS) is 1. The molecule has 24 heavy (non-hydrogen) atoms. The fourth-order valence-corrected chi connectivity index (χ4v) is 4.87. The number of aliphatic carboxylic acids is 1. The monoisotopic (exact) mass is 350 g/mol. The Kier molecular flexibility index (Phi) is 4.42. The van der Waals surface area contributed by atoms with Gasteiger partial charge in [-0.25, -0.2) is 8.42 Å². The average molecular weight is 350 g/mol. The van der Waals surface area contributed by atoms with Crippen LogP contribution in [0.2, 0.25) is 0 Å². The minimum atomic E-state index is -3.97. The molecule has 128 valence electrons. The summed E-state index contributed by atoms with van der Waals surface area (Å²) in [6.45, 7) is 0.194. The molecule has 1 unspecified atom stereocenters. The summed E-state index contributed by atoms with van der Waals surface area (Å²) < 4.78 is 32.5. The van der Waals surface area contributed by atoms with E-state index in [1.54, 1.807) is 18.2 Å². The molecule has 1 fully saturated rings. The van der Waals surface area contributed by atoms with Gasteiger partial charge in [-0.3, -0.25) is 9.78 Å². The molecule has 0 saturated carbocycles. The third-order valence-corrected chi connectivity index (χ3v) is 6.18. The molecule has 0 bridgehead atoms. The van der Waals surface area contributed by atoms with E-state index in [2.05, 4.69) is 4.98 Å². The second-order valence-electron chi connectivity index (χ2n) is 5.63. The molecule has 1 aromatic carbocycles. The smallest absolute Gasteiger partial charge is 0.322 e. The molecule has 0 amide bonds. The fraction of sp³-hybridized carbons (Fsp3) is 0.375. The third kappa shape index (κ3) is 2.71. The van der Waals surface area contributed by atoms with Gasteiger partial charge < -0.3 is 9.84 Å². The first kappa shape index (κ1) is 16.7. The number of hydrogen-bond acceptors (Lipinski definition) is 5. The van der Waals surface area contributed by atoms with Gasteiger partial charge in [-0.05, 0) is 43.5 Å². The van der Waals surface area contributed by atoms with E-state index >= 15 is 0 Å². The normalized spacial score (nSPS) is 19.3. The van der Waals surface area contributed by atoms with E-state index in [0.29, 0.717) is 30.4 Å². The van der Waals surface area contributed by atoms with Crippen LogP contribution < -0.4 is 4.74 Å². The van der Waals surface area contributed by atoms with E-state index in [-0.39, 0.29) is 17.0 Å². The Balaban J connectivity index is 2.17. The summed E-state index contributed by atoms with van der Waals surface area (Å²) >= 11 is 0. The van der Waals surface area contributed by atoms with Gasteiger partial charge in [0.2, 0.25) is 10.0 Å². The maximum atomic E-state index is 13.1. The Bertz CT molecular complexity index is 881. The van der Waals surface area contributed by atoms with Crippen LogP contribution in [0.25, 0.3) is 10.9 Å². The zero-order chi connectivity index (χ0) is 17.3. The Morgan fingerprint density at radius 1 is 1.33 bits per heavy atom. The van der Waals surface area contributed by atoms with Gasteiger partial charge in [0, 0.05) is 18.1 Å². The molecule has 0 spiro atoms. The van der Waals surface area contributed by atoms with Crippen molar-refractivity contribution >= 4 is 26.9 Å². The number of pyridine rings is 1. The van der Waals surface area contributed by atoms with E-state index in [1.165, 1.54) is 19.4 Å². The first-order valence-electron chi connectivity index (χ1n) is 7.63. The maximum Gasteiger partial charge on any atom is 0.322 e. The highest BCUT2D eigenvalue weighted by Gasteiger charge is 2.38. The largest absolute Gasteiger partial charge is 0.496 e. The Hall–Kier alpha value is -2.19. The SMILES string of the molecule is COc1ccc(S(=O)(=O)N2CCCCC2C(=O)O)c2ncccc12. The summed E-state index contributed by atoms with van der Waals surface area (Å²) in [5.74, 6) is -0.602. The average Bonchev–Trinajstić information content (AvgIpc) is 2.60.